The third-order valence-corrected chi connectivity index (χ3v) is 5.42. The van der Waals surface area contributed by atoms with Gasteiger partial charge in [-0.05, 0) is 61.8 Å². The standard InChI is InChI=1S/C22H30ClNO2/c1-17-12-13-20(21(23)14-17)16-24-15-19-10-6-2-4-8-18(19)9-5-3-7-11-22(25)26/h5,7,9,11-14,18-19,24H,2-4,6,8,10,15-16H2,1H3,(H,25,26)/b9-5-,11-7+/t18-,19-/m1/s1. The molecule has 142 valence electrons. The van der Waals surface area contributed by atoms with Gasteiger partial charge in [0, 0.05) is 17.6 Å². The average molecular weight is 376 g/mol. The molecule has 0 amide bonds. The van der Waals surface area contributed by atoms with E-state index in [1.54, 1.807) is 6.08 Å². The van der Waals surface area contributed by atoms with Crippen molar-refractivity contribution in [3.8, 4) is 0 Å². The smallest absolute Gasteiger partial charge is 0.327 e. The summed E-state index contributed by atoms with van der Waals surface area (Å²) in [6, 6.07) is 6.22. The zero-order valence-corrected chi connectivity index (χ0v) is 16.3. The second kappa shape index (κ2) is 11.2. The number of rotatable bonds is 8. The molecule has 0 bridgehead atoms. The molecular formula is C22H30ClNO2. The molecule has 1 saturated carbocycles. The molecule has 1 aromatic rings. The molecule has 0 unspecified atom stereocenters. The van der Waals surface area contributed by atoms with Gasteiger partial charge in [0.1, 0.15) is 0 Å². The van der Waals surface area contributed by atoms with Crippen LogP contribution < -0.4 is 5.32 Å². The lowest BCUT2D eigenvalue weighted by molar-refractivity contribution is -0.131. The molecule has 26 heavy (non-hydrogen) atoms. The van der Waals surface area contributed by atoms with Gasteiger partial charge in [-0.2, -0.15) is 0 Å². The van der Waals surface area contributed by atoms with Gasteiger partial charge in [0.25, 0.3) is 0 Å². The van der Waals surface area contributed by atoms with Gasteiger partial charge in [-0.3, -0.25) is 0 Å². The number of carboxylic acid groups (broad SMARTS) is 1. The fourth-order valence-corrected chi connectivity index (χ4v) is 3.91. The van der Waals surface area contributed by atoms with Crippen LogP contribution in [-0.4, -0.2) is 17.6 Å². The van der Waals surface area contributed by atoms with E-state index >= 15 is 0 Å². The first-order valence-corrected chi connectivity index (χ1v) is 9.96. The van der Waals surface area contributed by atoms with Gasteiger partial charge in [-0.15, -0.1) is 0 Å². The number of carboxylic acids is 1. The molecule has 0 spiro atoms. The number of hydrogen-bond acceptors (Lipinski definition) is 2. The van der Waals surface area contributed by atoms with Crippen LogP contribution in [0, 0.1) is 18.8 Å². The van der Waals surface area contributed by atoms with Crippen LogP contribution in [0.15, 0.2) is 42.5 Å². The van der Waals surface area contributed by atoms with Gasteiger partial charge in [0.2, 0.25) is 0 Å². The molecule has 0 radical (unpaired) electrons. The molecule has 0 heterocycles. The number of aryl methyl sites for hydroxylation is 1. The Bertz CT molecular complexity index is 639. The largest absolute Gasteiger partial charge is 0.478 e. The Balaban J connectivity index is 1.86. The minimum Gasteiger partial charge on any atom is -0.478 e. The van der Waals surface area contributed by atoms with E-state index in [-0.39, 0.29) is 0 Å². The zero-order valence-electron chi connectivity index (χ0n) is 15.6. The van der Waals surface area contributed by atoms with Crippen LogP contribution in [0.4, 0.5) is 0 Å². The Morgan fingerprint density at radius 2 is 2.08 bits per heavy atom. The first kappa shape index (κ1) is 20.7. The molecule has 1 aliphatic rings. The van der Waals surface area contributed by atoms with E-state index in [4.69, 9.17) is 16.7 Å². The first-order valence-electron chi connectivity index (χ1n) is 9.58. The summed E-state index contributed by atoms with van der Waals surface area (Å²) in [6.45, 7) is 3.84. The van der Waals surface area contributed by atoms with Gasteiger partial charge < -0.3 is 10.4 Å². The van der Waals surface area contributed by atoms with Crippen LogP contribution in [0.1, 0.15) is 49.7 Å². The van der Waals surface area contributed by atoms with E-state index in [0.717, 1.165) is 23.7 Å². The highest BCUT2D eigenvalue weighted by atomic mass is 35.5. The van der Waals surface area contributed by atoms with E-state index in [1.807, 2.05) is 6.07 Å². The Kier molecular flexibility index (Phi) is 8.93. The number of aliphatic carboxylic acids is 1. The van der Waals surface area contributed by atoms with Crippen molar-refractivity contribution < 1.29 is 9.90 Å². The highest BCUT2D eigenvalue weighted by Gasteiger charge is 2.21. The van der Waals surface area contributed by atoms with E-state index in [2.05, 4.69) is 36.5 Å². The highest BCUT2D eigenvalue weighted by molar-refractivity contribution is 6.31. The van der Waals surface area contributed by atoms with Crippen molar-refractivity contribution in [2.75, 3.05) is 6.54 Å². The summed E-state index contributed by atoms with van der Waals surface area (Å²) in [6.07, 6.45) is 14.3. The van der Waals surface area contributed by atoms with Gasteiger partial charge in [-0.1, -0.05) is 61.2 Å². The average Bonchev–Trinajstić information content (AvgIpc) is 2.81. The quantitative estimate of drug-likeness (QED) is 0.357. The molecule has 2 atom stereocenters. The van der Waals surface area contributed by atoms with Crippen molar-refractivity contribution >= 4 is 17.6 Å². The summed E-state index contributed by atoms with van der Waals surface area (Å²) < 4.78 is 0. The monoisotopic (exact) mass is 375 g/mol. The summed E-state index contributed by atoms with van der Waals surface area (Å²) in [5, 5.41) is 13.1. The fraction of sp³-hybridized carbons (Fsp3) is 0.500. The SMILES string of the molecule is Cc1ccc(CNC[C@H]2CCCCC[C@@H]2/C=C\C/C=C/C(=O)O)c(Cl)c1. The lowest BCUT2D eigenvalue weighted by Crippen LogP contribution is -2.27. The van der Waals surface area contributed by atoms with E-state index in [9.17, 15) is 4.79 Å². The Hall–Kier alpha value is -1.58. The maximum Gasteiger partial charge on any atom is 0.327 e. The van der Waals surface area contributed by atoms with Crippen molar-refractivity contribution in [3.63, 3.8) is 0 Å². The number of benzene rings is 1. The van der Waals surface area contributed by atoms with Crippen LogP contribution in [0.2, 0.25) is 5.02 Å². The van der Waals surface area contributed by atoms with Crippen molar-refractivity contribution in [2.45, 2.75) is 52.0 Å². The summed E-state index contributed by atoms with van der Waals surface area (Å²) in [5.41, 5.74) is 2.33. The van der Waals surface area contributed by atoms with Crippen LogP contribution in [-0.2, 0) is 11.3 Å². The van der Waals surface area contributed by atoms with Crippen LogP contribution in [0.5, 0.6) is 0 Å². The number of carbonyl (C=O) groups is 1. The third-order valence-electron chi connectivity index (χ3n) is 5.06. The van der Waals surface area contributed by atoms with Gasteiger partial charge in [-0.25, -0.2) is 4.79 Å². The maximum absolute atomic E-state index is 10.5. The molecule has 4 heteroatoms. The molecule has 1 aliphatic carbocycles. The molecule has 0 saturated heterocycles. The summed E-state index contributed by atoms with van der Waals surface area (Å²) >= 11 is 6.33. The van der Waals surface area contributed by atoms with Crippen LogP contribution in [0.25, 0.3) is 0 Å². The zero-order chi connectivity index (χ0) is 18.8. The summed E-state index contributed by atoms with van der Waals surface area (Å²) in [4.78, 5) is 10.5. The predicted octanol–water partition coefficient (Wildman–Crippen LogP) is 5.52. The number of hydrogen-bond donors (Lipinski definition) is 2. The van der Waals surface area contributed by atoms with Gasteiger partial charge in [0.05, 0.1) is 0 Å². The second-order valence-electron chi connectivity index (χ2n) is 7.19. The number of halogens is 1. The molecular weight excluding hydrogens is 346 g/mol. The van der Waals surface area contributed by atoms with E-state index in [1.165, 1.54) is 43.7 Å². The summed E-state index contributed by atoms with van der Waals surface area (Å²) in [5.74, 6) is 0.308. The van der Waals surface area contributed by atoms with Crippen LogP contribution >= 0.6 is 11.6 Å². The van der Waals surface area contributed by atoms with Crippen molar-refractivity contribution in [3.05, 3.63) is 58.7 Å². The molecule has 2 N–H and O–H groups in total. The van der Waals surface area contributed by atoms with E-state index in [0.29, 0.717) is 18.3 Å². The van der Waals surface area contributed by atoms with Crippen LogP contribution in [0.3, 0.4) is 0 Å². The van der Waals surface area contributed by atoms with Crippen molar-refractivity contribution in [1.29, 1.82) is 0 Å². The highest BCUT2D eigenvalue weighted by Crippen LogP contribution is 2.30. The topological polar surface area (TPSA) is 49.3 Å². The molecule has 0 aliphatic heterocycles. The Labute approximate surface area is 162 Å². The van der Waals surface area contributed by atoms with E-state index < -0.39 is 5.97 Å². The normalized spacial score (nSPS) is 21.3. The summed E-state index contributed by atoms with van der Waals surface area (Å²) in [7, 11) is 0. The maximum atomic E-state index is 10.5. The van der Waals surface area contributed by atoms with Gasteiger partial charge in [0.15, 0.2) is 0 Å². The number of allylic oxidation sites excluding steroid dienone is 3. The lowest BCUT2D eigenvalue weighted by Gasteiger charge is -2.23. The van der Waals surface area contributed by atoms with Gasteiger partial charge >= 0.3 is 5.97 Å². The minimum absolute atomic E-state index is 0.566. The third kappa shape index (κ3) is 7.35. The molecule has 0 aromatic heterocycles. The van der Waals surface area contributed by atoms with Crippen molar-refractivity contribution in [2.24, 2.45) is 11.8 Å². The Morgan fingerprint density at radius 1 is 1.27 bits per heavy atom. The lowest BCUT2D eigenvalue weighted by atomic mass is 9.87. The molecule has 2 rings (SSSR count). The fourth-order valence-electron chi connectivity index (χ4n) is 3.61. The minimum atomic E-state index is -0.885. The molecule has 1 fully saturated rings. The molecule has 3 nitrogen and oxygen atoms in total. The number of nitrogens with one attached hydrogen (secondary N) is 1. The first-order chi connectivity index (χ1) is 12.6. The predicted molar refractivity (Wildman–Crippen MR) is 108 cm³/mol. The van der Waals surface area contributed by atoms with Crippen molar-refractivity contribution in [1.82, 2.24) is 5.32 Å². The second-order valence-corrected chi connectivity index (χ2v) is 7.60. The molecule has 1 aromatic carbocycles. The Morgan fingerprint density at radius 3 is 2.85 bits per heavy atom.